The average Bonchev–Trinajstić information content (AvgIpc) is 2.64. The molecule has 0 aromatic carbocycles. The van der Waals surface area contributed by atoms with Crippen LogP contribution in [0.2, 0.25) is 0 Å². The molecular formula is C17H27NO. The Labute approximate surface area is 117 Å². The quantitative estimate of drug-likeness (QED) is 0.658. The van der Waals surface area contributed by atoms with Crippen LogP contribution in [0.5, 0.6) is 0 Å². The number of likely N-dealkylation sites (N-methyl/N-ethyl adjacent to an activating group) is 1. The van der Waals surface area contributed by atoms with E-state index in [0.29, 0.717) is 22.8 Å². The summed E-state index contributed by atoms with van der Waals surface area (Å²) in [5, 5.41) is 0. The molecule has 2 fully saturated rings. The molecule has 3 aliphatic rings. The topological polar surface area (TPSA) is 20.3 Å². The third kappa shape index (κ3) is 1.46. The van der Waals surface area contributed by atoms with Gasteiger partial charge in [-0.3, -0.25) is 4.79 Å². The predicted octanol–water partition coefficient (Wildman–Crippen LogP) is 3.77. The van der Waals surface area contributed by atoms with Crippen molar-refractivity contribution >= 4 is 5.91 Å². The second kappa shape index (κ2) is 3.86. The van der Waals surface area contributed by atoms with E-state index in [1.807, 2.05) is 11.9 Å². The standard InChI is InChI=1S/C17H27NO/c1-11-12-9-10-17(4,16(12,2)3)15(11)13-7-6-8-14(19)18(13)5/h12-13H,6-10H2,1-5H3/t12-,13?,17+/m1/s1. The van der Waals surface area contributed by atoms with E-state index in [1.165, 1.54) is 12.8 Å². The van der Waals surface area contributed by atoms with Gasteiger partial charge in [0.15, 0.2) is 0 Å². The zero-order valence-corrected chi connectivity index (χ0v) is 13.0. The summed E-state index contributed by atoms with van der Waals surface area (Å²) in [6, 6.07) is 0.371. The van der Waals surface area contributed by atoms with E-state index >= 15 is 0 Å². The van der Waals surface area contributed by atoms with Gasteiger partial charge in [-0.15, -0.1) is 0 Å². The van der Waals surface area contributed by atoms with Gasteiger partial charge in [0.05, 0.1) is 6.04 Å². The number of amides is 1. The lowest BCUT2D eigenvalue weighted by Gasteiger charge is -2.44. The highest BCUT2D eigenvalue weighted by atomic mass is 16.2. The van der Waals surface area contributed by atoms with E-state index in [0.717, 1.165) is 25.2 Å². The van der Waals surface area contributed by atoms with Crippen LogP contribution in [0, 0.1) is 16.7 Å². The zero-order valence-electron chi connectivity index (χ0n) is 13.0. The molecule has 0 radical (unpaired) electrons. The summed E-state index contributed by atoms with van der Waals surface area (Å²) in [5.41, 5.74) is 3.89. The molecule has 106 valence electrons. The van der Waals surface area contributed by atoms with E-state index in [9.17, 15) is 4.79 Å². The second-order valence-corrected chi connectivity index (χ2v) is 7.65. The number of nitrogens with zero attached hydrogens (tertiary/aromatic N) is 1. The molecular weight excluding hydrogens is 234 g/mol. The van der Waals surface area contributed by atoms with Crippen LogP contribution in [-0.2, 0) is 4.79 Å². The summed E-state index contributed by atoms with van der Waals surface area (Å²) in [5.74, 6) is 1.07. The lowest BCUT2D eigenvalue weighted by molar-refractivity contribution is -0.134. The van der Waals surface area contributed by atoms with Crippen molar-refractivity contribution in [3.63, 3.8) is 0 Å². The highest BCUT2D eigenvalue weighted by Crippen LogP contribution is 2.68. The number of carbonyl (C=O) groups excluding carboxylic acids is 1. The first-order valence-corrected chi connectivity index (χ1v) is 7.77. The molecule has 1 unspecified atom stereocenters. The van der Waals surface area contributed by atoms with Crippen LogP contribution in [0.1, 0.15) is 59.8 Å². The Hall–Kier alpha value is -0.790. The molecule has 0 spiro atoms. The first-order valence-electron chi connectivity index (χ1n) is 7.77. The fourth-order valence-electron chi connectivity index (χ4n) is 5.32. The smallest absolute Gasteiger partial charge is 0.222 e. The Kier molecular flexibility index (Phi) is 2.69. The molecule has 1 saturated carbocycles. The van der Waals surface area contributed by atoms with Crippen molar-refractivity contribution in [2.75, 3.05) is 7.05 Å². The largest absolute Gasteiger partial charge is 0.339 e. The van der Waals surface area contributed by atoms with E-state index in [1.54, 1.807) is 11.1 Å². The zero-order chi connectivity index (χ0) is 14.0. The maximum atomic E-state index is 12.0. The number of piperidine rings is 1. The molecule has 3 atom stereocenters. The Morgan fingerprint density at radius 2 is 1.89 bits per heavy atom. The van der Waals surface area contributed by atoms with E-state index < -0.39 is 0 Å². The van der Waals surface area contributed by atoms with Gasteiger partial charge in [0.2, 0.25) is 5.91 Å². The fourth-order valence-corrected chi connectivity index (χ4v) is 5.32. The lowest BCUT2D eigenvalue weighted by Crippen LogP contribution is -2.46. The van der Waals surface area contributed by atoms with Crippen molar-refractivity contribution in [2.24, 2.45) is 16.7 Å². The second-order valence-electron chi connectivity index (χ2n) is 7.65. The van der Waals surface area contributed by atoms with Gasteiger partial charge in [-0.1, -0.05) is 26.3 Å². The van der Waals surface area contributed by atoms with Gasteiger partial charge in [-0.2, -0.15) is 0 Å². The van der Waals surface area contributed by atoms with Crippen LogP contribution < -0.4 is 0 Å². The monoisotopic (exact) mass is 261 g/mol. The first-order chi connectivity index (χ1) is 8.80. The summed E-state index contributed by atoms with van der Waals surface area (Å²) in [7, 11) is 2.01. The minimum Gasteiger partial charge on any atom is -0.339 e. The van der Waals surface area contributed by atoms with Gasteiger partial charge in [0.25, 0.3) is 0 Å². The molecule has 2 heteroatoms. The van der Waals surface area contributed by atoms with Gasteiger partial charge >= 0.3 is 0 Å². The van der Waals surface area contributed by atoms with Gasteiger partial charge in [0.1, 0.15) is 0 Å². The highest BCUT2D eigenvalue weighted by Gasteiger charge is 2.61. The number of likely N-dealkylation sites (tertiary alicyclic amines) is 1. The minimum absolute atomic E-state index is 0.304. The summed E-state index contributed by atoms with van der Waals surface area (Å²) in [6.07, 6.45) is 5.60. The number of hydrogen-bond acceptors (Lipinski definition) is 1. The molecule has 1 amide bonds. The predicted molar refractivity (Wildman–Crippen MR) is 77.7 cm³/mol. The number of rotatable bonds is 1. The lowest BCUT2D eigenvalue weighted by atomic mass is 9.65. The number of hydrogen-bond donors (Lipinski definition) is 0. The van der Waals surface area contributed by atoms with E-state index in [-0.39, 0.29) is 0 Å². The molecule has 1 heterocycles. The fraction of sp³-hybridized carbons (Fsp3) is 0.824. The highest BCUT2D eigenvalue weighted by molar-refractivity contribution is 5.77. The molecule has 2 bridgehead atoms. The van der Waals surface area contributed by atoms with Gasteiger partial charge in [-0.25, -0.2) is 0 Å². The van der Waals surface area contributed by atoms with Crippen molar-refractivity contribution in [2.45, 2.75) is 65.8 Å². The molecule has 3 rings (SSSR count). The van der Waals surface area contributed by atoms with E-state index in [2.05, 4.69) is 27.7 Å². The van der Waals surface area contributed by atoms with Crippen LogP contribution in [0.3, 0.4) is 0 Å². The maximum Gasteiger partial charge on any atom is 0.222 e. The molecule has 0 aromatic rings. The summed E-state index contributed by atoms with van der Waals surface area (Å²) < 4.78 is 0. The van der Waals surface area contributed by atoms with Crippen molar-refractivity contribution in [3.8, 4) is 0 Å². The molecule has 0 N–H and O–H groups in total. The van der Waals surface area contributed by atoms with Gasteiger partial charge < -0.3 is 4.90 Å². The molecule has 1 aliphatic heterocycles. The van der Waals surface area contributed by atoms with Crippen molar-refractivity contribution in [3.05, 3.63) is 11.1 Å². The molecule has 2 aliphatic carbocycles. The molecule has 2 nitrogen and oxygen atoms in total. The average molecular weight is 261 g/mol. The van der Waals surface area contributed by atoms with Crippen molar-refractivity contribution < 1.29 is 4.79 Å². The SMILES string of the molecule is CC1=C(C2CCCC(=O)N2C)[C@]2(C)CC[C@H]1C2(C)C. The van der Waals surface area contributed by atoms with Crippen molar-refractivity contribution in [1.29, 1.82) is 0 Å². The molecule has 1 saturated heterocycles. The normalized spacial score (nSPS) is 41.3. The number of allylic oxidation sites excluding steroid dienone is 1. The maximum absolute atomic E-state index is 12.0. The van der Waals surface area contributed by atoms with Crippen LogP contribution in [0.25, 0.3) is 0 Å². The Morgan fingerprint density at radius 3 is 2.47 bits per heavy atom. The third-order valence-corrected chi connectivity index (χ3v) is 6.83. The summed E-state index contributed by atoms with van der Waals surface area (Å²) in [4.78, 5) is 14.1. The van der Waals surface area contributed by atoms with Crippen LogP contribution in [-0.4, -0.2) is 23.9 Å². The van der Waals surface area contributed by atoms with Crippen LogP contribution >= 0.6 is 0 Å². The Balaban J connectivity index is 2.04. The first kappa shape index (κ1) is 13.2. The summed E-state index contributed by atoms with van der Waals surface area (Å²) >= 11 is 0. The van der Waals surface area contributed by atoms with Gasteiger partial charge in [-0.05, 0) is 54.9 Å². The Morgan fingerprint density at radius 1 is 1.21 bits per heavy atom. The van der Waals surface area contributed by atoms with Gasteiger partial charge in [0, 0.05) is 13.5 Å². The third-order valence-electron chi connectivity index (χ3n) is 6.83. The number of fused-ring (bicyclic) bond motifs is 2. The van der Waals surface area contributed by atoms with E-state index in [4.69, 9.17) is 0 Å². The van der Waals surface area contributed by atoms with Crippen LogP contribution in [0.15, 0.2) is 11.1 Å². The minimum atomic E-state index is 0.304. The molecule has 0 aromatic heterocycles. The molecule has 19 heavy (non-hydrogen) atoms. The van der Waals surface area contributed by atoms with Crippen LogP contribution in [0.4, 0.5) is 0 Å². The van der Waals surface area contributed by atoms with Crippen molar-refractivity contribution in [1.82, 2.24) is 4.90 Å². The Bertz CT molecular complexity index is 462. The summed E-state index contributed by atoms with van der Waals surface area (Å²) in [6.45, 7) is 9.66. The number of carbonyl (C=O) groups is 1.